The van der Waals surface area contributed by atoms with Crippen molar-refractivity contribution in [1.82, 2.24) is 20.2 Å². The number of tetrazole rings is 1. The molecule has 2 rings (SSSR count). The minimum atomic E-state index is -0.316. The first-order chi connectivity index (χ1) is 8.70. The van der Waals surface area contributed by atoms with Gasteiger partial charge < -0.3 is 9.15 Å². The maximum Gasteiger partial charge on any atom is 0.310 e. The van der Waals surface area contributed by atoms with Crippen LogP contribution in [0.25, 0.3) is 11.6 Å². The summed E-state index contributed by atoms with van der Waals surface area (Å²) >= 11 is 0. The molecule has 0 fully saturated rings. The van der Waals surface area contributed by atoms with Crippen molar-refractivity contribution in [2.45, 2.75) is 20.4 Å². The highest BCUT2D eigenvalue weighted by Gasteiger charge is 2.17. The van der Waals surface area contributed by atoms with Gasteiger partial charge in [0.15, 0.2) is 5.76 Å². The van der Waals surface area contributed by atoms with Crippen molar-refractivity contribution in [3.63, 3.8) is 0 Å². The molecule has 0 aliphatic rings. The van der Waals surface area contributed by atoms with Gasteiger partial charge in [-0.1, -0.05) is 6.92 Å². The van der Waals surface area contributed by atoms with Crippen LogP contribution in [0.3, 0.4) is 0 Å². The van der Waals surface area contributed by atoms with E-state index in [0.29, 0.717) is 24.7 Å². The Balaban J connectivity index is 2.01. The van der Waals surface area contributed by atoms with Crippen molar-refractivity contribution in [2.24, 2.45) is 5.92 Å². The number of carbonyl (C=O) groups excluding carboxylic acids is 1. The highest BCUT2D eigenvalue weighted by molar-refractivity contribution is 5.71. The number of rotatable bonds is 5. The van der Waals surface area contributed by atoms with E-state index >= 15 is 0 Å². The first kappa shape index (κ1) is 12.3. The van der Waals surface area contributed by atoms with Crippen LogP contribution in [0.15, 0.2) is 22.8 Å². The van der Waals surface area contributed by atoms with Crippen LogP contribution in [0, 0.1) is 5.92 Å². The van der Waals surface area contributed by atoms with Gasteiger partial charge in [0.1, 0.15) is 0 Å². The summed E-state index contributed by atoms with van der Waals surface area (Å²) in [7, 11) is 0. The van der Waals surface area contributed by atoms with Crippen LogP contribution in [0.1, 0.15) is 13.8 Å². The fourth-order valence-corrected chi connectivity index (χ4v) is 1.43. The average molecular weight is 250 g/mol. The maximum atomic E-state index is 11.5. The van der Waals surface area contributed by atoms with Crippen molar-refractivity contribution < 1.29 is 13.9 Å². The van der Waals surface area contributed by atoms with Gasteiger partial charge in [0.25, 0.3) is 0 Å². The van der Waals surface area contributed by atoms with Crippen molar-refractivity contribution in [1.29, 1.82) is 0 Å². The van der Waals surface area contributed by atoms with Crippen molar-refractivity contribution in [3.05, 3.63) is 18.4 Å². The molecule has 0 saturated heterocycles. The molecule has 7 nitrogen and oxygen atoms in total. The predicted octanol–water partition coefficient (Wildman–Crippen LogP) is 1.13. The van der Waals surface area contributed by atoms with E-state index in [1.165, 1.54) is 11.1 Å². The van der Waals surface area contributed by atoms with E-state index in [9.17, 15) is 4.79 Å². The molecule has 1 unspecified atom stereocenters. The lowest BCUT2D eigenvalue weighted by Crippen LogP contribution is -2.21. The van der Waals surface area contributed by atoms with E-state index in [1.807, 2.05) is 0 Å². The lowest BCUT2D eigenvalue weighted by molar-refractivity contribution is -0.148. The van der Waals surface area contributed by atoms with E-state index in [-0.39, 0.29) is 11.9 Å². The Hall–Kier alpha value is -2.18. The highest BCUT2D eigenvalue weighted by Crippen LogP contribution is 2.13. The van der Waals surface area contributed by atoms with E-state index in [1.54, 1.807) is 26.0 Å². The second-order valence-corrected chi connectivity index (χ2v) is 3.80. The highest BCUT2D eigenvalue weighted by atomic mass is 16.5. The number of aromatic nitrogens is 4. The van der Waals surface area contributed by atoms with Crippen molar-refractivity contribution in [3.8, 4) is 11.6 Å². The zero-order chi connectivity index (χ0) is 13.0. The maximum absolute atomic E-state index is 11.5. The molecule has 2 heterocycles. The zero-order valence-electron chi connectivity index (χ0n) is 10.2. The third-order valence-electron chi connectivity index (χ3n) is 2.32. The lowest BCUT2D eigenvalue weighted by atomic mass is 10.2. The van der Waals surface area contributed by atoms with Gasteiger partial charge in [0.2, 0.25) is 5.82 Å². The van der Waals surface area contributed by atoms with Crippen LogP contribution in [0.4, 0.5) is 0 Å². The molecular weight excluding hydrogens is 236 g/mol. The molecule has 0 aliphatic heterocycles. The second kappa shape index (κ2) is 5.44. The molecular formula is C11H14N4O3. The quantitative estimate of drug-likeness (QED) is 0.740. The van der Waals surface area contributed by atoms with Gasteiger partial charge >= 0.3 is 5.97 Å². The summed E-state index contributed by atoms with van der Waals surface area (Å²) in [4.78, 5) is 12.8. The fourth-order valence-electron chi connectivity index (χ4n) is 1.43. The summed E-state index contributed by atoms with van der Waals surface area (Å²) in [6.45, 7) is 4.22. The van der Waals surface area contributed by atoms with Gasteiger partial charge in [0, 0.05) is 0 Å². The van der Waals surface area contributed by atoms with Crippen LogP contribution in [-0.4, -0.2) is 32.8 Å². The van der Waals surface area contributed by atoms with Gasteiger partial charge in [-0.3, -0.25) is 4.79 Å². The first-order valence-electron chi connectivity index (χ1n) is 5.69. The Morgan fingerprint density at radius 1 is 1.61 bits per heavy atom. The number of esters is 1. The van der Waals surface area contributed by atoms with Gasteiger partial charge in [0.05, 0.1) is 25.3 Å². The minimum absolute atomic E-state index is 0.269. The summed E-state index contributed by atoms with van der Waals surface area (Å²) in [5.74, 6) is 0.360. The monoisotopic (exact) mass is 250 g/mol. The molecule has 0 aliphatic carbocycles. The van der Waals surface area contributed by atoms with Crippen LogP contribution in [-0.2, 0) is 16.1 Å². The average Bonchev–Trinajstić information content (AvgIpc) is 2.98. The number of ether oxygens (including phenoxy) is 1. The number of nitrogens with zero attached hydrogens (tertiary/aromatic N) is 4. The second-order valence-electron chi connectivity index (χ2n) is 3.80. The number of hydrogen-bond donors (Lipinski definition) is 0. The molecule has 1 atom stereocenters. The van der Waals surface area contributed by atoms with Crippen LogP contribution in [0.2, 0.25) is 0 Å². The number of furan rings is 1. The fraction of sp³-hybridized carbons (Fsp3) is 0.455. The molecule has 96 valence electrons. The predicted molar refractivity (Wildman–Crippen MR) is 61.3 cm³/mol. The molecule has 0 spiro atoms. The minimum Gasteiger partial charge on any atom is -0.466 e. The Morgan fingerprint density at radius 3 is 3.11 bits per heavy atom. The third kappa shape index (κ3) is 2.73. The Kier molecular flexibility index (Phi) is 3.71. The number of hydrogen-bond acceptors (Lipinski definition) is 6. The van der Waals surface area contributed by atoms with Gasteiger partial charge in [-0.15, -0.1) is 10.2 Å². The third-order valence-corrected chi connectivity index (χ3v) is 2.32. The van der Waals surface area contributed by atoms with Crippen molar-refractivity contribution in [2.75, 3.05) is 6.61 Å². The Bertz CT molecular complexity index is 506. The van der Waals surface area contributed by atoms with Crippen LogP contribution >= 0.6 is 0 Å². The molecule has 18 heavy (non-hydrogen) atoms. The summed E-state index contributed by atoms with van der Waals surface area (Å²) < 4.78 is 10.1. The molecule has 0 N–H and O–H groups in total. The van der Waals surface area contributed by atoms with E-state index in [4.69, 9.17) is 9.15 Å². The molecule has 2 aromatic heterocycles. The molecule has 0 aromatic carbocycles. The van der Waals surface area contributed by atoms with Crippen LogP contribution < -0.4 is 0 Å². The molecule has 2 aromatic rings. The van der Waals surface area contributed by atoms with E-state index in [2.05, 4.69) is 15.4 Å². The van der Waals surface area contributed by atoms with E-state index < -0.39 is 0 Å². The number of carbonyl (C=O) groups is 1. The Morgan fingerprint density at radius 2 is 2.44 bits per heavy atom. The topological polar surface area (TPSA) is 83.0 Å². The molecule has 0 saturated carbocycles. The summed E-state index contributed by atoms with van der Waals surface area (Å²) in [5, 5.41) is 11.8. The van der Waals surface area contributed by atoms with Crippen molar-refractivity contribution >= 4 is 5.97 Å². The zero-order valence-corrected chi connectivity index (χ0v) is 10.2. The summed E-state index contributed by atoms with van der Waals surface area (Å²) in [5.41, 5.74) is 0. The molecule has 0 radical (unpaired) electrons. The Labute approximate surface area is 104 Å². The summed E-state index contributed by atoms with van der Waals surface area (Å²) in [6.07, 6.45) is 1.54. The normalized spacial score (nSPS) is 12.3. The standard InChI is InChI=1S/C11H14N4O3/c1-3-17-11(16)8(2)7-15-13-10(12-14-15)9-5-4-6-18-9/h4-6,8H,3,7H2,1-2H3. The summed E-state index contributed by atoms with van der Waals surface area (Å²) in [6, 6.07) is 3.49. The van der Waals surface area contributed by atoms with E-state index in [0.717, 1.165) is 0 Å². The van der Waals surface area contributed by atoms with Gasteiger partial charge in [-0.05, 0) is 24.3 Å². The molecule has 7 heteroatoms. The molecule has 0 bridgehead atoms. The SMILES string of the molecule is CCOC(=O)C(C)Cn1nnc(-c2ccco2)n1. The smallest absolute Gasteiger partial charge is 0.310 e. The first-order valence-corrected chi connectivity index (χ1v) is 5.69. The van der Waals surface area contributed by atoms with Gasteiger partial charge in [-0.2, -0.15) is 4.80 Å². The lowest BCUT2D eigenvalue weighted by Gasteiger charge is -2.08. The van der Waals surface area contributed by atoms with Crippen LogP contribution in [0.5, 0.6) is 0 Å². The van der Waals surface area contributed by atoms with Gasteiger partial charge in [-0.25, -0.2) is 0 Å². The molecule has 0 amide bonds. The largest absolute Gasteiger partial charge is 0.466 e.